The summed E-state index contributed by atoms with van der Waals surface area (Å²) in [5.41, 5.74) is -3.69. The van der Waals surface area contributed by atoms with Gasteiger partial charge in [-0.15, -0.1) is 12.4 Å². The lowest BCUT2D eigenvalue weighted by Crippen LogP contribution is -2.70. The Bertz CT molecular complexity index is 2480. The molecule has 2 aromatic rings. The van der Waals surface area contributed by atoms with E-state index in [0.29, 0.717) is 30.3 Å². The van der Waals surface area contributed by atoms with Crippen molar-refractivity contribution in [3.05, 3.63) is 71.6 Å². The van der Waals surface area contributed by atoms with E-state index in [-0.39, 0.29) is 23.5 Å². The number of nitrogens with one attached hydrogen (secondary N) is 1. The quantitative estimate of drug-likeness (QED) is 0.0919. The summed E-state index contributed by atoms with van der Waals surface area (Å²) in [6, 6.07) is 7.43. The Kier molecular flexibility index (Phi) is 13.9. The van der Waals surface area contributed by atoms with Crippen LogP contribution in [0.3, 0.4) is 0 Å². The van der Waals surface area contributed by atoms with Gasteiger partial charge in [0.1, 0.15) is 17.9 Å². The summed E-state index contributed by atoms with van der Waals surface area (Å²) >= 11 is 0. The molecule has 4 rings (SSSR count). The number of fused-ring (bicyclic) bond motifs is 2. The van der Waals surface area contributed by atoms with Crippen LogP contribution in [0, 0.1) is 0 Å². The molecule has 66 heavy (non-hydrogen) atoms. The van der Waals surface area contributed by atoms with E-state index in [9.17, 15) is 124 Å². The maximum Gasteiger partial charge on any atom is 0.460 e. The number of aromatic carboxylic acids is 1. The van der Waals surface area contributed by atoms with Crippen LogP contribution in [-0.4, -0.2) is 95.7 Å². The van der Waals surface area contributed by atoms with E-state index in [0.717, 1.165) is 30.3 Å². The molecule has 1 aliphatic heterocycles. The van der Waals surface area contributed by atoms with Gasteiger partial charge in [0, 0.05) is 34.3 Å². The van der Waals surface area contributed by atoms with Crippen molar-refractivity contribution in [3.63, 3.8) is 0 Å². The number of nitrogens with zero attached hydrogens (tertiary/aromatic N) is 1. The van der Waals surface area contributed by atoms with Gasteiger partial charge in [-0.05, 0) is 35.9 Å². The highest BCUT2D eigenvalue weighted by Crippen LogP contribution is 2.62. The predicted molar refractivity (Wildman–Crippen MR) is 173 cm³/mol. The molecule has 5 nitrogen and oxygen atoms in total. The molecule has 0 unspecified atom stereocenters. The van der Waals surface area contributed by atoms with Gasteiger partial charge >= 0.3 is 77.5 Å². The van der Waals surface area contributed by atoms with Gasteiger partial charge < -0.3 is 14.8 Å². The Morgan fingerprint density at radius 1 is 0.530 bits per heavy atom. The first kappa shape index (κ1) is 55.2. The highest BCUT2D eigenvalue weighted by atomic mass is 35.5. The second kappa shape index (κ2) is 16.6. The van der Waals surface area contributed by atoms with Crippen molar-refractivity contribution in [2.75, 3.05) is 18.4 Å². The Morgan fingerprint density at radius 2 is 0.985 bits per heavy atom. The van der Waals surface area contributed by atoms with E-state index >= 15 is 0 Å². The molecular weight excluding hydrogens is 1010 g/mol. The number of anilines is 1. The second-order valence-corrected chi connectivity index (χ2v) is 13.4. The molecule has 2 N–H and O–H groups in total. The minimum atomic E-state index is -8.24. The molecule has 2 aliphatic rings. The number of hydrogen-bond donors (Lipinski definition) is 2. The van der Waals surface area contributed by atoms with Gasteiger partial charge in [0.05, 0.1) is 17.5 Å². The van der Waals surface area contributed by atoms with Gasteiger partial charge in [-0.2, -0.15) is 114 Å². The van der Waals surface area contributed by atoms with E-state index in [1.54, 1.807) is 0 Å². The summed E-state index contributed by atoms with van der Waals surface area (Å²) in [5.74, 6) is -80.3. The minimum absolute atomic E-state index is 0. The lowest BCUT2D eigenvalue weighted by atomic mass is 9.90. The van der Waals surface area contributed by atoms with E-state index in [1.165, 1.54) is 5.32 Å². The van der Waals surface area contributed by atoms with E-state index in [2.05, 4.69) is 4.99 Å². The zero-order valence-corrected chi connectivity index (χ0v) is 31.5. The van der Waals surface area contributed by atoms with Crippen molar-refractivity contribution in [3.8, 4) is 22.5 Å². The standard InChI is InChI=1S/C34H16F26N2O3.ClH/c35-23(36,25(39,40)27(43,44)29(47,48)31(51,52)33(55,56)57)11-61-13-5-7-17-19(9-13)65-20-10-14(6-8-18(20)21(17)15-3-1-2-4-16(15)22(63)64)62-12-24(37,38)26(41,42)28(45,46)30(49,50)32(53,54)34(58,59)60;/h1-10,61H,11-12H2,(H,63,64);1H. The van der Waals surface area contributed by atoms with Crippen LogP contribution in [0.4, 0.5) is 120 Å². The second-order valence-electron chi connectivity index (χ2n) is 13.4. The molecule has 0 atom stereocenters. The number of hydrogen-bond acceptors (Lipinski definition) is 4. The molecule has 2 aromatic carbocycles. The summed E-state index contributed by atoms with van der Waals surface area (Å²) in [7, 11) is 0. The fourth-order valence-corrected chi connectivity index (χ4v) is 5.48. The summed E-state index contributed by atoms with van der Waals surface area (Å²) in [6.45, 7) is -6.12. The van der Waals surface area contributed by atoms with Crippen molar-refractivity contribution < 1.29 is 128 Å². The molecule has 0 radical (unpaired) electrons. The lowest BCUT2D eigenvalue weighted by Gasteiger charge is -2.39. The molecule has 0 saturated carbocycles. The van der Waals surface area contributed by atoms with Crippen LogP contribution in [0.1, 0.15) is 10.4 Å². The fraction of sp³-hybridized carbons (Fsp3) is 0.412. The number of carboxylic acids is 1. The first-order chi connectivity index (χ1) is 28.9. The van der Waals surface area contributed by atoms with Crippen LogP contribution in [0.5, 0.6) is 0 Å². The molecule has 1 heterocycles. The number of rotatable bonds is 15. The molecule has 32 heteroatoms. The smallest absolute Gasteiger partial charge is 0.460 e. The van der Waals surface area contributed by atoms with Gasteiger partial charge in [-0.25, -0.2) is 4.79 Å². The summed E-state index contributed by atoms with van der Waals surface area (Å²) in [5, 5.41) is 9.43. The third kappa shape index (κ3) is 8.33. The molecule has 0 spiro atoms. The predicted octanol–water partition coefficient (Wildman–Crippen LogP) is 13.1. The molecule has 0 aromatic heterocycles. The maximum absolute atomic E-state index is 14.5. The molecule has 0 fully saturated rings. The fourth-order valence-electron chi connectivity index (χ4n) is 5.48. The topological polar surface area (TPSA) is 74.8 Å². The number of benzene rings is 3. The van der Waals surface area contributed by atoms with E-state index in [4.69, 9.17) is 4.42 Å². The summed E-state index contributed by atoms with van der Waals surface area (Å²) < 4.78 is 359. The molecule has 0 amide bonds. The van der Waals surface area contributed by atoms with Gasteiger partial charge in [0.2, 0.25) is 0 Å². The van der Waals surface area contributed by atoms with Gasteiger partial charge in [0.25, 0.3) is 0 Å². The molecular formula is C34H17ClF26N2O3. The Balaban J connectivity index is 0.0000116. The molecule has 0 bridgehead atoms. The highest BCUT2D eigenvalue weighted by Gasteiger charge is 2.92. The Labute approximate surface area is 352 Å². The van der Waals surface area contributed by atoms with Crippen molar-refractivity contribution >= 4 is 35.0 Å². The average Bonchev–Trinajstić information content (AvgIpc) is 3.16. The van der Waals surface area contributed by atoms with Gasteiger partial charge in [0.15, 0.2) is 0 Å². The molecule has 1 aliphatic carbocycles. The third-order valence-corrected chi connectivity index (χ3v) is 9.10. The third-order valence-electron chi connectivity index (χ3n) is 9.10. The monoisotopic (exact) mass is 1030 g/mol. The number of halogens is 27. The normalized spacial score (nSPS) is 15.0. The van der Waals surface area contributed by atoms with Crippen LogP contribution in [-0.2, 0) is 0 Å². The number of carbonyl (C=O) groups is 1. The number of alkyl halides is 26. The van der Waals surface area contributed by atoms with Crippen molar-refractivity contribution in [2.45, 2.75) is 71.6 Å². The first-order valence-corrected chi connectivity index (χ1v) is 16.4. The van der Waals surface area contributed by atoms with Crippen LogP contribution >= 0.6 is 12.4 Å². The van der Waals surface area contributed by atoms with Crippen LogP contribution in [0.25, 0.3) is 33.4 Å². The van der Waals surface area contributed by atoms with E-state index in [1.807, 2.05) is 0 Å². The van der Waals surface area contributed by atoms with Gasteiger partial charge in [-0.3, -0.25) is 4.99 Å². The zero-order valence-electron chi connectivity index (χ0n) is 30.6. The van der Waals surface area contributed by atoms with Crippen molar-refractivity contribution in [1.82, 2.24) is 0 Å². The minimum Gasteiger partial charge on any atom is -0.478 e. The Hall–Kier alpha value is -5.13. The van der Waals surface area contributed by atoms with Gasteiger partial charge in [-0.1, -0.05) is 18.2 Å². The van der Waals surface area contributed by atoms with Crippen LogP contribution in [0.2, 0.25) is 0 Å². The average molecular weight is 1030 g/mol. The molecule has 0 saturated heterocycles. The molecule has 370 valence electrons. The number of carboxylic acid groups (broad SMARTS) is 1. The van der Waals surface area contributed by atoms with E-state index < -0.39 is 130 Å². The highest BCUT2D eigenvalue weighted by molar-refractivity contribution is 6.07. The van der Waals surface area contributed by atoms with Crippen LogP contribution < -0.4 is 10.7 Å². The van der Waals surface area contributed by atoms with Crippen LogP contribution in [0.15, 0.2) is 70.1 Å². The first-order valence-electron chi connectivity index (χ1n) is 16.4. The summed E-state index contributed by atoms with van der Waals surface area (Å²) in [6.07, 6.45) is -15.4. The summed E-state index contributed by atoms with van der Waals surface area (Å²) in [4.78, 5) is 14.8. The van der Waals surface area contributed by atoms with Crippen molar-refractivity contribution in [2.24, 2.45) is 4.99 Å². The lowest BCUT2D eigenvalue weighted by molar-refractivity contribution is -0.438. The van der Waals surface area contributed by atoms with Crippen molar-refractivity contribution in [1.29, 1.82) is 0 Å². The maximum atomic E-state index is 14.5. The zero-order chi connectivity index (χ0) is 50.4. The largest absolute Gasteiger partial charge is 0.478 e. The Morgan fingerprint density at radius 3 is 1.45 bits per heavy atom. The SMILES string of the molecule is Cl.O=C(O)c1ccccc1-c1c2ccc(=NCC(F)(F)C(F)(F)C(F)(F)C(F)(F)C(F)(F)C(F)(F)F)cc-2oc2cc(NCC(F)(F)C(F)(F)C(F)(F)C(F)(F)C(F)(F)C(F)(F)F)ccc12.